The Labute approximate surface area is 325 Å². The number of aliphatic hydroxyl groups is 1. The van der Waals surface area contributed by atoms with Crippen LogP contribution in [0.25, 0.3) is 0 Å². The lowest BCUT2D eigenvalue weighted by Gasteiger charge is -2.45. The first-order valence-corrected chi connectivity index (χ1v) is 27.7. The molecule has 52 heavy (non-hydrogen) atoms. The van der Waals surface area contributed by atoms with Crippen LogP contribution in [0.15, 0.2) is 47.6 Å². The minimum Gasteiger partial charge on any atom is -0.413 e. The van der Waals surface area contributed by atoms with Crippen molar-refractivity contribution in [1.82, 2.24) is 0 Å². The fourth-order valence-corrected chi connectivity index (χ4v) is 12.3. The maximum atomic E-state index is 11.3. The van der Waals surface area contributed by atoms with Gasteiger partial charge in [0, 0.05) is 6.42 Å². The van der Waals surface area contributed by atoms with Crippen molar-refractivity contribution in [3.8, 4) is 0 Å². The topological polar surface area (TPSA) is 38.7 Å². The maximum absolute atomic E-state index is 11.3. The van der Waals surface area contributed by atoms with Gasteiger partial charge in [0.15, 0.2) is 16.6 Å². The van der Waals surface area contributed by atoms with Gasteiger partial charge in [-0.25, -0.2) is 0 Å². The molecule has 0 saturated heterocycles. The SMILES string of the molecule is C=C1C(=CC=C2CCC[C@]3(C)[C@@H]([C@H](C)C=C[C@@H](O)C4(CCCCCCCC)CC4)CC[C@@H]23)C[C@@H](O[Si](C)(C)C(C)(C)C)C[C@@H]1O[Si](C)(C)C(C)(C)C. The number of unbranched alkanes of at least 4 members (excludes halogenated alkanes) is 5. The lowest BCUT2D eigenvalue weighted by molar-refractivity contribution is 0.0969. The third-order valence-electron chi connectivity index (χ3n) is 15.6. The van der Waals surface area contributed by atoms with Gasteiger partial charge in [-0.05, 0) is 134 Å². The molecule has 0 bridgehead atoms. The van der Waals surface area contributed by atoms with Crippen molar-refractivity contribution in [1.29, 1.82) is 0 Å². The Morgan fingerprint density at radius 1 is 0.865 bits per heavy atom. The second-order valence-electron chi connectivity index (χ2n) is 21.4. The van der Waals surface area contributed by atoms with Gasteiger partial charge in [0.05, 0.1) is 18.3 Å². The first-order valence-electron chi connectivity index (χ1n) is 21.9. The zero-order valence-electron chi connectivity index (χ0n) is 36.6. The lowest BCUT2D eigenvalue weighted by Crippen LogP contribution is -2.49. The van der Waals surface area contributed by atoms with Gasteiger partial charge in [-0.15, -0.1) is 0 Å². The summed E-state index contributed by atoms with van der Waals surface area (Å²) in [4.78, 5) is 0. The Balaban J connectivity index is 1.48. The van der Waals surface area contributed by atoms with Crippen LogP contribution >= 0.6 is 0 Å². The predicted molar refractivity (Wildman–Crippen MR) is 231 cm³/mol. The molecule has 4 saturated carbocycles. The molecule has 4 aliphatic rings. The second-order valence-corrected chi connectivity index (χ2v) is 30.9. The molecule has 4 fully saturated rings. The summed E-state index contributed by atoms with van der Waals surface area (Å²) in [7, 11) is -3.93. The first kappa shape index (κ1) is 44.0. The average Bonchev–Trinajstić information content (AvgIpc) is 3.74. The molecule has 3 nitrogen and oxygen atoms in total. The van der Waals surface area contributed by atoms with Crippen molar-refractivity contribution in [3.63, 3.8) is 0 Å². The number of fused-ring (bicyclic) bond motifs is 1. The Kier molecular flexibility index (Phi) is 14.5. The van der Waals surface area contributed by atoms with E-state index in [2.05, 4.69) is 113 Å². The van der Waals surface area contributed by atoms with Crippen LogP contribution in [-0.2, 0) is 8.85 Å². The fraction of sp³-hybridized carbons (Fsp3) is 0.830. The molecule has 298 valence electrons. The number of hydrogen-bond acceptors (Lipinski definition) is 3. The van der Waals surface area contributed by atoms with Crippen LogP contribution in [0.2, 0.25) is 36.3 Å². The second kappa shape index (κ2) is 17.2. The van der Waals surface area contributed by atoms with Crippen LogP contribution in [0.1, 0.15) is 165 Å². The molecule has 0 aromatic rings. The van der Waals surface area contributed by atoms with Crippen LogP contribution < -0.4 is 0 Å². The van der Waals surface area contributed by atoms with Crippen molar-refractivity contribution in [2.45, 2.75) is 220 Å². The summed E-state index contributed by atoms with van der Waals surface area (Å²) in [5.41, 5.74) is 4.66. The first-order chi connectivity index (χ1) is 24.1. The van der Waals surface area contributed by atoms with E-state index in [0.717, 1.165) is 12.8 Å². The normalized spacial score (nSPS) is 31.4. The molecule has 7 atom stereocenters. The zero-order chi connectivity index (χ0) is 38.8. The third kappa shape index (κ3) is 10.4. The van der Waals surface area contributed by atoms with E-state index >= 15 is 0 Å². The number of hydrogen-bond donors (Lipinski definition) is 1. The monoisotopic (exact) mass is 753 g/mol. The molecule has 0 spiro atoms. The molecule has 5 heteroatoms. The van der Waals surface area contributed by atoms with E-state index in [1.165, 1.54) is 101 Å². The minimum atomic E-state index is -1.99. The summed E-state index contributed by atoms with van der Waals surface area (Å²) in [5.74, 6) is 1.80. The largest absolute Gasteiger partial charge is 0.413 e. The summed E-state index contributed by atoms with van der Waals surface area (Å²) in [6.45, 7) is 35.6. The van der Waals surface area contributed by atoms with Crippen LogP contribution in [0.3, 0.4) is 0 Å². The van der Waals surface area contributed by atoms with E-state index < -0.39 is 16.6 Å². The van der Waals surface area contributed by atoms with Crippen molar-refractivity contribution in [2.75, 3.05) is 0 Å². The minimum absolute atomic E-state index is 0.0186. The van der Waals surface area contributed by atoms with Crippen LogP contribution in [0.5, 0.6) is 0 Å². The quantitative estimate of drug-likeness (QED) is 0.0969. The van der Waals surface area contributed by atoms with Gasteiger partial charge in [-0.1, -0.05) is 137 Å². The Morgan fingerprint density at radius 2 is 1.48 bits per heavy atom. The highest BCUT2D eigenvalue weighted by molar-refractivity contribution is 6.74. The summed E-state index contributed by atoms with van der Waals surface area (Å²) < 4.78 is 14.2. The lowest BCUT2D eigenvalue weighted by atomic mass is 9.61. The Bertz CT molecular complexity index is 1290. The number of aliphatic hydroxyl groups excluding tert-OH is 1. The van der Waals surface area contributed by atoms with Crippen LogP contribution in [0, 0.1) is 28.6 Å². The van der Waals surface area contributed by atoms with E-state index in [4.69, 9.17) is 15.4 Å². The molecular weight excluding hydrogens is 669 g/mol. The van der Waals surface area contributed by atoms with E-state index in [9.17, 15) is 5.11 Å². The van der Waals surface area contributed by atoms with Gasteiger partial charge < -0.3 is 14.0 Å². The van der Waals surface area contributed by atoms with Gasteiger partial charge in [-0.2, -0.15) is 0 Å². The summed E-state index contributed by atoms with van der Waals surface area (Å²) in [6, 6.07) is 0. The molecule has 0 radical (unpaired) electrons. The summed E-state index contributed by atoms with van der Waals surface area (Å²) >= 11 is 0. The molecule has 1 N–H and O–H groups in total. The van der Waals surface area contributed by atoms with Crippen molar-refractivity contribution in [2.24, 2.45) is 28.6 Å². The molecule has 0 aliphatic heterocycles. The third-order valence-corrected chi connectivity index (χ3v) is 24.6. The summed E-state index contributed by atoms with van der Waals surface area (Å²) in [6.07, 6.45) is 29.3. The maximum Gasteiger partial charge on any atom is 0.192 e. The highest BCUT2D eigenvalue weighted by Crippen LogP contribution is 2.60. The van der Waals surface area contributed by atoms with E-state index in [0.29, 0.717) is 23.2 Å². The highest BCUT2D eigenvalue weighted by Gasteiger charge is 2.51. The molecule has 0 aromatic carbocycles. The average molecular weight is 753 g/mol. The fourth-order valence-electron chi connectivity index (χ4n) is 9.64. The van der Waals surface area contributed by atoms with Gasteiger partial charge >= 0.3 is 0 Å². The highest BCUT2D eigenvalue weighted by atomic mass is 28.4. The molecule has 0 aromatic heterocycles. The smallest absolute Gasteiger partial charge is 0.192 e. The summed E-state index contributed by atoms with van der Waals surface area (Å²) in [5, 5.41) is 11.7. The van der Waals surface area contributed by atoms with Crippen LogP contribution in [0.4, 0.5) is 0 Å². The van der Waals surface area contributed by atoms with E-state index in [1.807, 2.05) is 0 Å². The van der Waals surface area contributed by atoms with Crippen LogP contribution in [-0.4, -0.2) is 40.1 Å². The van der Waals surface area contributed by atoms with Crippen molar-refractivity contribution in [3.05, 3.63) is 47.6 Å². The predicted octanol–water partition coefficient (Wildman–Crippen LogP) is 14.3. The van der Waals surface area contributed by atoms with Crippen molar-refractivity contribution >= 4 is 16.6 Å². The van der Waals surface area contributed by atoms with Gasteiger partial charge in [0.25, 0.3) is 0 Å². The van der Waals surface area contributed by atoms with Gasteiger partial charge in [0.1, 0.15) is 0 Å². The molecule has 4 aliphatic carbocycles. The zero-order valence-corrected chi connectivity index (χ0v) is 38.6. The number of allylic oxidation sites excluding steroid dienone is 4. The number of rotatable bonds is 16. The Hall–Kier alpha value is -0.726. The Morgan fingerprint density at radius 3 is 2.10 bits per heavy atom. The van der Waals surface area contributed by atoms with Gasteiger partial charge in [0.2, 0.25) is 0 Å². The van der Waals surface area contributed by atoms with E-state index in [1.54, 1.807) is 5.57 Å². The standard InChI is InChI=1S/C47H84O3Si2/c1-15-16-17-18-19-20-30-47(31-32-47)43(48)28-23-35(2)40-26-27-41-37(22-21-29-46(40,41)10)24-25-38-33-39(49-51(11,12)44(4,5)6)34-42(36(38)3)50-52(13,14)45(7,8)9/h23-25,28,35,39-43,48H,3,15-22,26-27,29-34H2,1-2,4-14H3/t35-,39-,40-,41+,42+,43-,46-/m1/s1. The molecular formula is C47H84O3Si2. The molecule has 0 unspecified atom stereocenters. The van der Waals surface area contributed by atoms with Gasteiger partial charge in [-0.3, -0.25) is 0 Å². The molecule has 0 heterocycles. The molecule has 4 rings (SSSR count). The van der Waals surface area contributed by atoms with E-state index in [-0.39, 0.29) is 33.8 Å². The molecule has 0 amide bonds. The van der Waals surface area contributed by atoms with Crippen molar-refractivity contribution < 1.29 is 14.0 Å².